The second-order valence-corrected chi connectivity index (χ2v) is 8.87. The SMILES string of the molecule is C/C=C\C=C/C(C)n1c(N(C)C)nc(NC(=O)c2ccccc2Cl)c1C(=O)OC(C)(C)C. The Morgan fingerprint density at radius 1 is 1.22 bits per heavy atom. The molecule has 172 valence electrons. The standard InChI is InChI=1S/C24H31ClN4O3/c1-8-9-10-13-16(2)29-19(22(31)32-24(3,4)5)20(27-23(29)28(6)7)26-21(30)17-14-11-12-15-18(17)25/h8-16H,1-7H3,(H,26,30)/b9-8-,13-10-. The van der Waals surface area contributed by atoms with Crippen LogP contribution in [0, 0.1) is 0 Å². The number of imidazole rings is 1. The van der Waals surface area contributed by atoms with E-state index in [2.05, 4.69) is 10.3 Å². The molecule has 7 nitrogen and oxygen atoms in total. The lowest BCUT2D eigenvalue weighted by molar-refractivity contribution is 0.00583. The molecule has 1 amide bonds. The first kappa shape index (κ1) is 25.2. The van der Waals surface area contributed by atoms with Crippen molar-refractivity contribution in [3.8, 4) is 0 Å². The number of halogens is 1. The van der Waals surface area contributed by atoms with Crippen LogP contribution in [0.1, 0.15) is 61.5 Å². The highest BCUT2D eigenvalue weighted by atomic mass is 35.5. The van der Waals surface area contributed by atoms with Gasteiger partial charge >= 0.3 is 5.97 Å². The molecule has 32 heavy (non-hydrogen) atoms. The van der Waals surface area contributed by atoms with E-state index in [0.717, 1.165) is 0 Å². The molecular weight excluding hydrogens is 428 g/mol. The van der Waals surface area contributed by atoms with Crippen molar-refractivity contribution in [2.45, 2.75) is 46.3 Å². The molecule has 0 saturated carbocycles. The monoisotopic (exact) mass is 458 g/mol. The minimum atomic E-state index is -0.724. The first-order valence-electron chi connectivity index (χ1n) is 10.3. The van der Waals surface area contributed by atoms with E-state index >= 15 is 0 Å². The van der Waals surface area contributed by atoms with Gasteiger partial charge in [-0.15, -0.1) is 0 Å². The van der Waals surface area contributed by atoms with Crippen molar-refractivity contribution in [2.75, 3.05) is 24.3 Å². The third kappa shape index (κ3) is 6.23. The largest absolute Gasteiger partial charge is 0.455 e. The number of nitrogens with one attached hydrogen (secondary N) is 1. The maximum Gasteiger partial charge on any atom is 0.359 e. The molecule has 8 heteroatoms. The highest BCUT2D eigenvalue weighted by Crippen LogP contribution is 2.30. The molecule has 1 unspecified atom stereocenters. The zero-order valence-corrected chi connectivity index (χ0v) is 20.4. The van der Waals surface area contributed by atoms with Crippen molar-refractivity contribution >= 4 is 35.2 Å². The Hall–Kier alpha value is -3.06. The van der Waals surface area contributed by atoms with Gasteiger partial charge in [-0.2, -0.15) is 4.98 Å². The van der Waals surface area contributed by atoms with Gasteiger partial charge in [-0.25, -0.2) is 4.79 Å². The van der Waals surface area contributed by atoms with Gasteiger partial charge in [0.05, 0.1) is 16.6 Å². The van der Waals surface area contributed by atoms with Gasteiger partial charge < -0.3 is 15.0 Å². The van der Waals surface area contributed by atoms with Crippen LogP contribution in [0.4, 0.5) is 11.8 Å². The van der Waals surface area contributed by atoms with Crippen LogP contribution < -0.4 is 10.2 Å². The molecule has 0 radical (unpaired) electrons. The maximum atomic E-state index is 13.2. The van der Waals surface area contributed by atoms with Crippen LogP contribution in [0.2, 0.25) is 5.02 Å². The maximum absolute atomic E-state index is 13.2. The summed E-state index contributed by atoms with van der Waals surface area (Å²) in [5.74, 6) is -0.441. The number of benzene rings is 1. The molecule has 1 aromatic carbocycles. The Morgan fingerprint density at radius 2 is 1.88 bits per heavy atom. The van der Waals surface area contributed by atoms with E-state index < -0.39 is 17.5 Å². The van der Waals surface area contributed by atoms with Crippen LogP contribution in [0.15, 0.2) is 48.6 Å². The fraction of sp³-hybridized carbons (Fsp3) is 0.375. The lowest BCUT2D eigenvalue weighted by atomic mass is 10.2. The van der Waals surface area contributed by atoms with Gasteiger partial charge in [0.1, 0.15) is 5.60 Å². The Labute approximate surface area is 194 Å². The fourth-order valence-corrected chi connectivity index (χ4v) is 3.19. The van der Waals surface area contributed by atoms with E-state index in [-0.39, 0.29) is 23.1 Å². The van der Waals surface area contributed by atoms with Crippen LogP contribution in [-0.2, 0) is 4.74 Å². The van der Waals surface area contributed by atoms with Gasteiger partial charge in [0.25, 0.3) is 5.91 Å². The average Bonchev–Trinajstić information content (AvgIpc) is 3.06. The number of rotatable bonds is 7. The van der Waals surface area contributed by atoms with Crippen molar-refractivity contribution < 1.29 is 14.3 Å². The number of ether oxygens (including phenoxy) is 1. The quantitative estimate of drug-likeness (QED) is 0.437. The average molecular weight is 459 g/mol. The summed E-state index contributed by atoms with van der Waals surface area (Å²) >= 11 is 6.18. The van der Waals surface area contributed by atoms with E-state index in [1.54, 1.807) is 54.5 Å². The molecule has 0 aliphatic carbocycles. The summed E-state index contributed by atoms with van der Waals surface area (Å²) in [5, 5.41) is 3.06. The molecule has 2 aromatic rings. The molecule has 0 spiro atoms. The second-order valence-electron chi connectivity index (χ2n) is 8.46. The van der Waals surface area contributed by atoms with Gasteiger partial charge in [-0.1, -0.05) is 48.0 Å². The van der Waals surface area contributed by atoms with E-state index in [0.29, 0.717) is 11.0 Å². The van der Waals surface area contributed by atoms with Crippen LogP contribution in [0.25, 0.3) is 0 Å². The fourth-order valence-electron chi connectivity index (χ4n) is 2.97. The first-order chi connectivity index (χ1) is 15.0. The molecule has 1 N–H and O–H groups in total. The van der Waals surface area contributed by atoms with Crippen LogP contribution in [0.5, 0.6) is 0 Å². The van der Waals surface area contributed by atoms with E-state index in [4.69, 9.17) is 16.3 Å². The molecule has 2 rings (SSSR count). The predicted molar refractivity (Wildman–Crippen MR) is 130 cm³/mol. The number of hydrogen-bond acceptors (Lipinski definition) is 5. The number of esters is 1. The Bertz CT molecular complexity index is 1030. The summed E-state index contributed by atoms with van der Waals surface area (Å²) < 4.78 is 7.40. The van der Waals surface area contributed by atoms with Gasteiger partial charge in [-0.05, 0) is 46.8 Å². The molecule has 0 aliphatic heterocycles. The molecule has 1 heterocycles. The van der Waals surface area contributed by atoms with E-state index in [1.807, 2.05) is 52.2 Å². The molecule has 0 bridgehead atoms. The molecule has 0 aliphatic rings. The molecular formula is C24H31ClN4O3. The van der Waals surface area contributed by atoms with Crippen molar-refractivity contribution in [1.82, 2.24) is 9.55 Å². The van der Waals surface area contributed by atoms with Crippen molar-refractivity contribution in [1.29, 1.82) is 0 Å². The summed E-state index contributed by atoms with van der Waals surface area (Å²) in [6.45, 7) is 9.22. The summed E-state index contributed by atoms with van der Waals surface area (Å²) in [6, 6.07) is 6.45. The van der Waals surface area contributed by atoms with Crippen LogP contribution in [0.3, 0.4) is 0 Å². The van der Waals surface area contributed by atoms with Gasteiger partial charge in [-0.3, -0.25) is 9.36 Å². The normalized spacial score (nSPS) is 12.9. The number of hydrogen-bond donors (Lipinski definition) is 1. The Morgan fingerprint density at radius 3 is 2.44 bits per heavy atom. The predicted octanol–water partition coefficient (Wildman–Crippen LogP) is 5.50. The topological polar surface area (TPSA) is 76.5 Å². The Balaban J connectivity index is 2.63. The third-order valence-corrected chi connectivity index (χ3v) is 4.67. The van der Waals surface area contributed by atoms with Crippen molar-refractivity contribution in [3.05, 3.63) is 64.8 Å². The van der Waals surface area contributed by atoms with Crippen molar-refractivity contribution in [3.63, 3.8) is 0 Å². The minimum Gasteiger partial charge on any atom is -0.455 e. The lowest BCUT2D eigenvalue weighted by Gasteiger charge is -2.23. The van der Waals surface area contributed by atoms with Gasteiger partial charge in [0.2, 0.25) is 5.95 Å². The lowest BCUT2D eigenvalue weighted by Crippen LogP contribution is -2.28. The number of carbonyl (C=O) groups excluding carboxylic acids is 2. The zero-order chi connectivity index (χ0) is 24.1. The van der Waals surface area contributed by atoms with E-state index in [1.165, 1.54) is 0 Å². The number of anilines is 2. The summed E-state index contributed by atoms with van der Waals surface area (Å²) in [4.78, 5) is 32.5. The summed E-state index contributed by atoms with van der Waals surface area (Å²) in [7, 11) is 3.64. The zero-order valence-electron chi connectivity index (χ0n) is 19.6. The summed E-state index contributed by atoms with van der Waals surface area (Å²) in [5.41, 5.74) is -0.286. The highest BCUT2D eigenvalue weighted by Gasteiger charge is 2.31. The van der Waals surface area contributed by atoms with Crippen LogP contribution in [-0.4, -0.2) is 41.1 Å². The number of aromatic nitrogens is 2. The number of allylic oxidation sites excluding steroid dienone is 4. The van der Waals surface area contributed by atoms with E-state index in [9.17, 15) is 9.59 Å². The second kappa shape index (κ2) is 10.5. The number of carbonyl (C=O) groups is 2. The third-order valence-electron chi connectivity index (χ3n) is 4.34. The summed E-state index contributed by atoms with van der Waals surface area (Å²) in [6.07, 6.45) is 7.64. The number of amides is 1. The minimum absolute atomic E-state index is 0.110. The molecule has 0 saturated heterocycles. The van der Waals surface area contributed by atoms with Crippen LogP contribution >= 0.6 is 11.6 Å². The molecule has 1 aromatic heterocycles. The molecule has 1 atom stereocenters. The first-order valence-corrected chi connectivity index (χ1v) is 10.7. The Kier molecular flexibility index (Phi) is 8.27. The highest BCUT2D eigenvalue weighted by molar-refractivity contribution is 6.34. The molecule has 0 fully saturated rings. The smallest absolute Gasteiger partial charge is 0.359 e. The van der Waals surface area contributed by atoms with Gasteiger partial charge in [0, 0.05) is 14.1 Å². The van der Waals surface area contributed by atoms with Crippen molar-refractivity contribution in [2.24, 2.45) is 0 Å². The number of nitrogens with zero attached hydrogens (tertiary/aromatic N) is 3. The van der Waals surface area contributed by atoms with Gasteiger partial charge in [0.15, 0.2) is 11.5 Å².